The number of hydrogen-bond acceptors (Lipinski definition) is 2. The van der Waals surface area contributed by atoms with E-state index in [0.717, 1.165) is 25.3 Å². The Balaban J connectivity index is 3.25. The van der Waals surface area contributed by atoms with Crippen molar-refractivity contribution >= 4 is 5.91 Å². The molecule has 0 aliphatic heterocycles. The molecule has 0 heterocycles. The first-order valence-corrected chi connectivity index (χ1v) is 11.6. The third-order valence-corrected chi connectivity index (χ3v) is 5.13. The van der Waals surface area contributed by atoms with Gasteiger partial charge in [-0.2, -0.15) is 0 Å². The fourth-order valence-electron chi connectivity index (χ4n) is 3.42. The molecule has 3 heteroatoms. The first-order valence-electron chi connectivity index (χ1n) is 11.6. The average Bonchev–Trinajstić information content (AvgIpc) is 2.61. The van der Waals surface area contributed by atoms with E-state index in [1.54, 1.807) is 0 Å². The van der Waals surface area contributed by atoms with Crippen molar-refractivity contribution in [2.75, 3.05) is 6.54 Å². The standard InChI is InChI=1S/C23H48N2O/c1-5-22(24-6-2)25-23(26)20-18-16-14-12-10-8-7-9-11-13-15-17-19-21(3)4/h21-22,24H,5-20H2,1-4H3,(H,25,26). The molecule has 0 rings (SSSR count). The van der Waals surface area contributed by atoms with Gasteiger partial charge in [0.2, 0.25) is 5.91 Å². The topological polar surface area (TPSA) is 41.1 Å². The second-order valence-electron chi connectivity index (χ2n) is 8.26. The number of carbonyl (C=O) groups is 1. The number of rotatable bonds is 19. The van der Waals surface area contributed by atoms with Crippen LogP contribution in [0.3, 0.4) is 0 Å². The molecule has 0 aromatic carbocycles. The van der Waals surface area contributed by atoms with Crippen LogP contribution in [-0.2, 0) is 4.79 Å². The summed E-state index contributed by atoms with van der Waals surface area (Å²) in [6.45, 7) is 9.71. The molecule has 1 amide bonds. The maximum atomic E-state index is 11.9. The highest BCUT2D eigenvalue weighted by atomic mass is 16.1. The first kappa shape index (κ1) is 25.4. The Kier molecular flexibility index (Phi) is 18.8. The zero-order valence-electron chi connectivity index (χ0n) is 18.4. The fraction of sp³-hybridized carbons (Fsp3) is 0.957. The van der Waals surface area contributed by atoms with E-state index in [-0.39, 0.29) is 12.1 Å². The van der Waals surface area contributed by atoms with Crippen molar-refractivity contribution in [2.45, 2.75) is 130 Å². The minimum Gasteiger partial charge on any atom is -0.341 e. The summed E-state index contributed by atoms with van der Waals surface area (Å²) in [6, 6.07) is 0. The van der Waals surface area contributed by atoms with Gasteiger partial charge in [-0.25, -0.2) is 0 Å². The van der Waals surface area contributed by atoms with E-state index in [0.29, 0.717) is 6.42 Å². The highest BCUT2D eigenvalue weighted by Crippen LogP contribution is 2.14. The molecule has 3 nitrogen and oxygen atoms in total. The van der Waals surface area contributed by atoms with Crippen LogP contribution >= 0.6 is 0 Å². The quantitative estimate of drug-likeness (QED) is 0.200. The maximum Gasteiger partial charge on any atom is 0.221 e. The van der Waals surface area contributed by atoms with Crippen molar-refractivity contribution in [3.05, 3.63) is 0 Å². The van der Waals surface area contributed by atoms with Gasteiger partial charge in [0.05, 0.1) is 6.17 Å². The maximum absolute atomic E-state index is 11.9. The molecule has 0 fully saturated rings. The summed E-state index contributed by atoms with van der Waals surface area (Å²) < 4.78 is 0. The van der Waals surface area contributed by atoms with E-state index in [2.05, 4.69) is 38.3 Å². The smallest absolute Gasteiger partial charge is 0.221 e. The second-order valence-corrected chi connectivity index (χ2v) is 8.26. The van der Waals surface area contributed by atoms with Crippen LogP contribution in [0.15, 0.2) is 0 Å². The van der Waals surface area contributed by atoms with E-state index in [4.69, 9.17) is 0 Å². The van der Waals surface area contributed by atoms with Gasteiger partial charge in [0, 0.05) is 6.42 Å². The normalized spacial score (nSPS) is 12.5. The lowest BCUT2D eigenvalue weighted by molar-refractivity contribution is -0.122. The monoisotopic (exact) mass is 368 g/mol. The first-order chi connectivity index (χ1) is 12.6. The van der Waals surface area contributed by atoms with E-state index in [1.807, 2.05) is 0 Å². The molecule has 26 heavy (non-hydrogen) atoms. The molecule has 0 aliphatic carbocycles. The summed E-state index contributed by atoms with van der Waals surface area (Å²) in [5, 5.41) is 6.35. The van der Waals surface area contributed by atoms with Crippen molar-refractivity contribution in [1.82, 2.24) is 10.6 Å². The highest BCUT2D eigenvalue weighted by molar-refractivity contribution is 5.76. The third kappa shape index (κ3) is 18.2. The molecular weight excluding hydrogens is 320 g/mol. The largest absolute Gasteiger partial charge is 0.341 e. The molecule has 0 saturated carbocycles. The summed E-state index contributed by atoms with van der Waals surface area (Å²) in [4.78, 5) is 11.9. The van der Waals surface area contributed by atoms with E-state index >= 15 is 0 Å². The summed E-state index contributed by atoms with van der Waals surface area (Å²) >= 11 is 0. The molecule has 2 N–H and O–H groups in total. The molecule has 0 aliphatic rings. The zero-order chi connectivity index (χ0) is 19.5. The Bertz CT molecular complexity index is 305. The Hall–Kier alpha value is -0.570. The van der Waals surface area contributed by atoms with Crippen LogP contribution < -0.4 is 10.6 Å². The van der Waals surface area contributed by atoms with Gasteiger partial charge in [-0.15, -0.1) is 0 Å². The second kappa shape index (κ2) is 19.2. The Morgan fingerprint density at radius 1 is 0.731 bits per heavy atom. The molecule has 0 radical (unpaired) electrons. The number of carbonyl (C=O) groups excluding carboxylic acids is 1. The van der Waals surface area contributed by atoms with Crippen molar-refractivity contribution in [2.24, 2.45) is 5.92 Å². The average molecular weight is 369 g/mol. The fourth-order valence-corrected chi connectivity index (χ4v) is 3.42. The molecule has 1 unspecified atom stereocenters. The summed E-state index contributed by atoms with van der Waals surface area (Å²) in [5.41, 5.74) is 0. The van der Waals surface area contributed by atoms with Gasteiger partial charge in [0.1, 0.15) is 0 Å². The summed E-state index contributed by atoms with van der Waals surface area (Å²) in [6.07, 6.45) is 19.3. The van der Waals surface area contributed by atoms with Gasteiger partial charge in [0.25, 0.3) is 0 Å². The minimum absolute atomic E-state index is 0.141. The molecule has 1 atom stereocenters. The van der Waals surface area contributed by atoms with E-state index in [9.17, 15) is 4.79 Å². The van der Waals surface area contributed by atoms with Crippen LogP contribution in [0.1, 0.15) is 124 Å². The van der Waals surface area contributed by atoms with Crippen LogP contribution in [0, 0.1) is 5.92 Å². The van der Waals surface area contributed by atoms with Gasteiger partial charge in [0.15, 0.2) is 0 Å². The predicted octanol–water partition coefficient (Wildman–Crippen LogP) is 6.57. The summed E-state index contributed by atoms with van der Waals surface area (Å²) in [5.74, 6) is 1.07. The molecule has 0 saturated heterocycles. The van der Waals surface area contributed by atoms with Crippen LogP contribution in [-0.4, -0.2) is 18.6 Å². The Morgan fingerprint density at radius 3 is 1.62 bits per heavy atom. The number of unbranched alkanes of at least 4 members (excludes halogenated alkanes) is 11. The zero-order valence-corrected chi connectivity index (χ0v) is 18.4. The van der Waals surface area contributed by atoms with Crippen LogP contribution in [0.5, 0.6) is 0 Å². The summed E-state index contributed by atoms with van der Waals surface area (Å²) in [7, 11) is 0. The molecule has 0 aromatic heterocycles. The van der Waals surface area contributed by atoms with Gasteiger partial charge in [-0.1, -0.05) is 105 Å². The highest BCUT2D eigenvalue weighted by Gasteiger charge is 2.08. The predicted molar refractivity (Wildman–Crippen MR) is 115 cm³/mol. The van der Waals surface area contributed by atoms with Gasteiger partial charge in [-0.3, -0.25) is 10.1 Å². The molecule has 156 valence electrons. The van der Waals surface area contributed by atoms with Crippen molar-refractivity contribution in [3.63, 3.8) is 0 Å². The molecular formula is C23H48N2O. The van der Waals surface area contributed by atoms with Crippen molar-refractivity contribution < 1.29 is 4.79 Å². The van der Waals surface area contributed by atoms with Crippen LogP contribution in [0.4, 0.5) is 0 Å². The Labute approximate surface area is 164 Å². The third-order valence-electron chi connectivity index (χ3n) is 5.13. The lowest BCUT2D eigenvalue weighted by Gasteiger charge is -2.17. The lowest BCUT2D eigenvalue weighted by atomic mass is 10.0. The van der Waals surface area contributed by atoms with Crippen LogP contribution in [0.25, 0.3) is 0 Å². The lowest BCUT2D eigenvalue weighted by Crippen LogP contribution is -2.44. The van der Waals surface area contributed by atoms with E-state index in [1.165, 1.54) is 77.0 Å². The number of nitrogens with one attached hydrogen (secondary N) is 2. The van der Waals surface area contributed by atoms with Gasteiger partial charge < -0.3 is 5.32 Å². The SMILES string of the molecule is CCNC(CC)NC(=O)CCCCCCCCCCCCCCC(C)C. The van der Waals surface area contributed by atoms with E-state index < -0.39 is 0 Å². The van der Waals surface area contributed by atoms with Crippen LogP contribution in [0.2, 0.25) is 0 Å². The van der Waals surface area contributed by atoms with Gasteiger partial charge in [-0.05, 0) is 25.3 Å². The van der Waals surface area contributed by atoms with Crippen molar-refractivity contribution in [1.29, 1.82) is 0 Å². The molecule has 0 bridgehead atoms. The van der Waals surface area contributed by atoms with Crippen molar-refractivity contribution in [3.8, 4) is 0 Å². The molecule has 0 aromatic rings. The molecule has 0 spiro atoms. The number of hydrogen-bond donors (Lipinski definition) is 2. The minimum atomic E-state index is 0.141. The number of amides is 1. The Morgan fingerprint density at radius 2 is 1.19 bits per heavy atom. The van der Waals surface area contributed by atoms with Gasteiger partial charge >= 0.3 is 0 Å².